The van der Waals surface area contributed by atoms with Gasteiger partial charge in [0.25, 0.3) is 0 Å². The van der Waals surface area contributed by atoms with Gasteiger partial charge in [-0.05, 0) is 54.4 Å². The second-order valence-electron chi connectivity index (χ2n) is 7.31. The molecule has 0 saturated heterocycles. The van der Waals surface area contributed by atoms with E-state index in [1.807, 2.05) is 31.2 Å². The van der Waals surface area contributed by atoms with Gasteiger partial charge in [0.15, 0.2) is 0 Å². The van der Waals surface area contributed by atoms with E-state index in [9.17, 15) is 13.2 Å². The van der Waals surface area contributed by atoms with Crippen LogP contribution in [0.5, 0.6) is 5.75 Å². The van der Waals surface area contributed by atoms with E-state index in [0.717, 1.165) is 11.1 Å². The molecule has 0 heterocycles. The maximum Gasteiger partial charge on any atom is 0.243 e. The zero-order valence-corrected chi connectivity index (χ0v) is 19.7. The molecule has 0 bridgehead atoms. The standard InChI is InChI=1S/C24H25ClN2O4S/c1-18-7-4-5-8-19(18)16-27(32(29,30)23-13-11-20(25)12-14-23)17-24(28)26(2)21-9-6-10-22(15-21)31-3/h4-15H,16-17H2,1-3H3. The van der Waals surface area contributed by atoms with E-state index in [4.69, 9.17) is 16.3 Å². The Bertz CT molecular complexity index is 1200. The molecule has 3 aromatic carbocycles. The first kappa shape index (κ1) is 23.8. The summed E-state index contributed by atoms with van der Waals surface area (Å²) in [4.78, 5) is 14.6. The van der Waals surface area contributed by atoms with Crippen LogP contribution in [0.15, 0.2) is 77.7 Å². The molecule has 8 heteroatoms. The second kappa shape index (κ2) is 10.2. The summed E-state index contributed by atoms with van der Waals surface area (Å²) in [5.41, 5.74) is 2.37. The maximum absolute atomic E-state index is 13.4. The first-order valence-electron chi connectivity index (χ1n) is 9.93. The molecular formula is C24H25ClN2O4S. The molecule has 0 aliphatic heterocycles. The minimum Gasteiger partial charge on any atom is -0.497 e. The Morgan fingerprint density at radius 1 is 1.00 bits per heavy atom. The summed E-state index contributed by atoms with van der Waals surface area (Å²) in [6.45, 7) is 1.65. The summed E-state index contributed by atoms with van der Waals surface area (Å²) in [5, 5.41) is 0.434. The van der Waals surface area contributed by atoms with Crippen molar-refractivity contribution in [3.63, 3.8) is 0 Å². The van der Waals surface area contributed by atoms with Crippen molar-refractivity contribution in [2.75, 3.05) is 25.6 Å². The molecule has 32 heavy (non-hydrogen) atoms. The average molecular weight is 473 g/mol. The lowest BCUT2D eigenvalue weighted by Gasteiger charge is -2.26. The first-order chi connectivity index (χ1) is 15.2. The molecule has 0 N–H and O–H groups in total. The van der Waals surface area contributed by atoms with Gasteiger partial charge in [-0.1, -0.05) is 41.9 Å². The zero-order valence-electron chi connectivity index (χ0n) is 18.2. The zero-order chi connectivity index (χ0) is 23.3. The van der Waals surface area contributed by atoms with Gasteiger partial charge in [0.2, 0.25) is 15.9 Å². The van der Waals surface area contributed by atoms with Crippen LogP contribution in [-0.2, 0) is 21.4 Å². The average Bonchev–Trinajstić information content (AvgIpc) is 2.79. The molecule has 0 aromatic heterocycles. The fourth-order valence-electron chi connectivity index (χ4n) is 3.18. The molecule has 1 amide bonds. The number of aryl methyl sites for hydroxylation is 1. The van der Waals surface area contributed by atoms with Crippen molar-refractivity contribution in [3.8, 4) is 5.75 Å². The number of likely N-dealkylation sites (N-methyl/N-ethyl adjacent to an activating group) is 1. The molecule has 0 fully saturated rings. The number of rotatable bonds is 8. The van der Waals surface area contributed by atoms with Gasteiger partial charge in [0, 0.05) is 30.4 Å². The summed E-state index contributed by atoms with van der Waals surface area (Å²) in [5.74, 6) is 0.233. The normalized spacial score (nSPS) is 11.4. The largest absolute Gasteiger partial charge is 0.497 e. The number of hydrogen-bond donors (Lipinski definition) is 0. The number of hydrogen-bond acceptors (Lipinski definition) is 4. The van der Waals surface area contributed by atoms with Crippen molar-refractivity contribution in [2.24, 2.45) is 0 Å². The van der Waals surface area contributed by atoms with E-state index < -0.39 is 10.0 Å². The third-order valence-electron chi connectivity index (χ3n) is 5.19. The van der Waals surface area contributed by atoms with Crippen molar-refractivity contribution in [2.45, 2.75) is 18.4 Å². The minimum atomic E-state index is -3.95. The number of ether oxygens (including phenoxy) is 1. The van der Waals surface area contributed by atoms with E-state index in [-0.39, 0.29) is 23.9 Å². The molecule has 0 unspecified atom stereocenters. The Labute approximate surface area is 194 Å². The summed E-state index contributed by atoms with van der Waals surface area (Å²) < 4.78 is 33.3. The van der Waals surface area contributed by atoms with Crippen LogP contribution in [-0.4, -0.2) is 39.3 Å². The van der Waals surface area contributed by atoms with E-state index in [0.29, 0.717) is 16.5 Å². The summed E-state index contributed by atoms with van der Waals surface area (Å²) >= 11 is 5.93. The van der Waals surface area contributed by atoms with Gasteiger partial charge in [-0.15, -0.1) is 0 Å². The van der Waals surface area contributed by atoms with Crippen LogP contribution in [0.25, 0.3) is 0 Å². The maximum atomic E-state index is 13.4. The Hall–Kier alpha value is -2.87. The molecule has 0 saturated carbocycles. The van der Waals surface area contributed by atoms with E-state index in [1.54, 1.807) is 38.4 Å². The molecule has 6 nitrogen and oxygen atoms in total. The highest BCUT2D eigenvalue weighted by Crippen LogP contribution is 2.24. The van der Waals surface area contributed by atoms with Crippen LogP contribution in [0.3, 0.4) is 0 Å². The van der Waals surface area contributed by atoms with Gasteiger partial charge in [-0.3, -0.25) is 4.79 Å². The quantitative estimate of drug-likeness (QED) is 0.483. The van der Waals surface area contributed by atoms with Crippen molar-refractivity contribution in [3.05, 3.63) is 88.9 Å². The molecule has 168 valence electrons. The summed E-state index contributed by atoms with van der Waals surface area (Å²) in [7, 11) is -0.800. The number of methoxy groups -OCH3 is 1. The van der Waals surface area contributed by atoms with Crippen LogP contribution in [0, 0.1) is 6.92 Å². The molecule has 3 rings (SSSR count). The van der Waals surface area contributed by atoms with Crippen LogP contribution in [0.2, 0.25) is 5.02 Å². The van der Waals surface area contributed by atoms with Crippen molar-refractivity contribution < 1.29 is 17.9 Å². The van der Waals surface area contributed by atoms with Gasteiger partial charge in [-0.25, -0.2) is 8.42 Å². The van der Waals surface area contributed by atoms with Gasteiger partial charge in [0.05, 0.1) is 18.6 Å². The van der Waals surface area contributed by atoms with Crippen molar-refractivity contribution in [1.29, 1.82) is 0 Å². The third-order valence-corrected chi connectivity index (χ3v) is 7.24. The second-order valence-corrected chi connectivity index (χ2v) is 9.68. The van der Waals surface area contributed by atoms with Gasteiger partial charge in [-0.2, -0.15) is 4.31 Å². The number of amides is 1. The fourth-order valence-corrected chi connectivity index (χ4v) is 4.67. The molecule has 0 spiro atoms. The Kier molecular flexibility index (Phi) is 7.56. The monoisotopic (exact) mass is 472 g/mol. The molecular weight excluding hydrogens is 448 g/mol. The fraction of sp³-hybridized carbons (Fsp3) is 0.208. The lowest BCUT2D eigenvalue weighted by molar-refractivity contribution is -0.118. The third kappa shape index (κ3) is 5.48. The van der Waals surface area contributed by atoms with Crippen LogP contribution >= 0.6 is 11.6 Å². The van der Waals surface area contributed by atoms with E-state index >= 15 is 0 Å². The van der Waals surface area contributed by atoms with Gasteiger partial charge < -0.3 is 9.64 Å². The molecule has 0 aliphatic carbocycles. The molecule has 3 aromatic rings. The first-order valence-corrected chi connectivity index (χ1v) is 11.7. The summed E-state index contributed by atoms with van der Waals surface area (Å²) in [6, 6.07) is 20.5. The molecule has 0 radical (unpaired) electrons. The lowest BCUT2D eigenvalue weighted by Crippen LogP contribution is -2.41. The predicted molar refractivity (Wildman–Crippen MR) is 127 cm³/mol. The highest BCUT2D eigenvalue weighted by molar-refractivity contribution is 7.89. The number of carbonyl (C=O) groups excluding carboxylic acids is 1. The van der Waals surface area contributed by atoms with Crippen molar-refractivity contribution in [1.82, 2.24) is 4.31 Å². The van der Waals surface area contributed by atoms with Crippen LogP contribution in [0.1, 0.15) is 11.1 Å². The number of sulfonamides is 1. The number of nitrogens with zero attached hydrogens (tertiary/aromatic N) is 2. The SMILES string of the molecule is COc1cccc(N(C)C(=O)CN(Cc2ccccc2C)S(=O)(=O)c2ccc(Cl)cc2)c1. The number of anilines is 1. The van der Waals surface area contributed by atoms with E-state index in [1.165, 1.54) is 33.5 Å². The number of halogens is 1. The summed E-state index contributed by atoms with van der Waals surface area (Å²) in [6.07, 6.45) is 0. The Morgan fingerprint density at radius 2 is 1.69 bits per heavy atom. The number of carbonyl (C=O) groups is 1. The smallest absolute Gasteiger partial charge is 0.243 e. The van der Waals surface area contributed by atoms with Crippen molar-refractivity contribution >= 4 is 33.2 Å². The van der Waals surface area contributed by atoms with Gasteiger partial charge in [0.1, 0.15) is 5.75 Å². The predicted octanol–water partition coefficient (Wildman–Crippen LogP) is 4.51. The molecule has 0 atom stereocenters. The van der Waals surface area contributed by atoms with Crippen LogP contribution in [0.4, 0.5) is 5.69 Å². The lowest BCUT2D eigenvalue weighted by atomic mass is 10.1. The number of benzene rings is 3. The Balaban J connectivity index is 1.93. The molecule has 0 aliphatic rings. The van der Waals surface area contributed by atoms with Gasteiger partial charge >= 0.3 is 0 Å². The minimum absolute atomic E-state index is 0.0648. The highest BCUT2D eigenvalue weighted by Gasteiger charge is 2.28. The Morgan fingerprint density at radius 3 is 2.34 bits per heavy atom. The topological polar surface area (TPSA) is 66.9 Å². The van der Waals surface area contributed by atoms with Crippen LogP contribution < -0.4 is 9.64 Å². The van der Waals surface area contributed by atoms with E-state index in [2.05, 4.69) is 0 Å². The highest BCUT2D eigenvalue weighted by atomic mass is 35.5.